The molecule has 18 heavy (non-hydrogen) atoms. The van der Waals surface area contributed by atoms with Crippen LogP contribution in [0.5, 0.6) is 0 Å². The van der Waals surface area contributed by atoms with Crippen molar-refractivity contribution < 1.29 is 9.90 Å². The summed E-state index contributed by atoms with van der Waals surface area (Å²) in [6.07, 6.45) is 1.20. The third-order valence-corrected chi connectivity index (χ3v) is 2.97. The Kier molecular flexibility index (Phi) is 5.86. The zero-order valence-corrected chi connectivity index (χ0v) is 11.4. The number of aliphatic hydroxyl groups is 1. The van der Waals surface area contributed by atoms with Crippen LogP contribution < -0.4 is 5.32 Å². The largest absolute Gasteiger partial charge is 0.394 e. The summed E-state index contributed by atoms with van der Waals surface area (Å²) in [5, 5.41) is 11.6. The minimum Gasteiger partial charge on any atom is -0.394 e. The van der Waals surface area contributed by atoms with Crippen LogP contribution in [0.2, 0.25) is 0 Å². The van der Waals surface area contributed by atoms with Crippen molar-refractivity contribution in [3.8, 4) is 0 Å². The van der Waals surface area contributed by atoms with Gasteiger partial charge < -0.3 is 10.4 Å². The van der Waals surface area contributed by atoms with Gasteiger partial charge >= 0.3 is 0 Å². The quantitative estimate of drug-likeness (QED) is 0.812. The molecule has 0 saturated heterocycles. The van der Waals surface area contributed by atoms with Crippen LogP contribution in [0.25, 0.3) is 0 Å². The normalized spacial score (nSPS) is 12.5. The van der Waals surface area contributed by atoms with Crippen molar-refractivity contribution >= 4 is 5.91 Å². The fourth-order valence-electron chi connectivity index (χ4n) is 1.72. The molecule has 1 atom stereocenters. The molecule has 1 aromatic carbocycles. The second-order valence-electron chi connectivity index (χ2n) is 5.05. The topological polar surface area (TPSA) is 49.3 Å². The standard InChI is InChI=1S/C15H23NO2/c1-11(2)14-7-4-13(5-8-14)6-9-15(18)16-12(3)10-17/h4-5,7-8,11-12,17H,6,9-10H2,1-3H3,(H,16,18). The van der Waals surface area contributed by atoms with Crippen LogP contribution in [0.4, 0.5) is 0 Å². The van der Waals surface area contributed by atoms with Crippen molar-refractivity contribution in [2.45, 2.75) is 45.6 Å². The van der Waals surface area contributed by atoms with Gasteiger partial charge in [0.2, 0.25) is 5.91 Å². The van der Waals surface area contributed by atoms with E-state index in [1.54, 1.807) is 6.92 Å². The number of aryl methyl sites for hydroxylation is 1. The molecule has 1 aromatic rings. The van der Waals surface area contributed by atoms with Crippen LogP contribution in [-0.2, 0) is 11.2 Å². The fraction of sp³-hybridized carbons (Fsp3) is 0.533. The van der Waals surface area contributed by atoms with E-state index in [-0.39, 0.29) is 18.6 Å². The maximum Gasteiger partial charge on any atom is 0.220 e. The van der Waals surface area contributed by atoms with E-state index in [4.69, 9.17) is 5.11 Å². The van der Waals surface area contributed by atoms with Gasteiger partial charge in [0.25, 0.3) is 0 Å². The number of rotatable bonds is 6. The molecule has 3 heteroatoms. The highest BCUT2D eigenvalue weighted by Gasteiger charge is 2.06. The van der Waals surface area contributed by atoms with E-state index < -0.39 is 0 Å². The van der Waals surface area contributed by atoms with Crippen molar-refractivity contribution in [3.05, 3.63) is 35.4 Å². The molecule has 0 aliphatic carbocycles. The molecule has 100 valence electrons. The maximum absolute atomic E-state index is 11.5. The lowest BCUT2D eigenvalue weighted by molar-refractivity contribution is -0.121. The Labute approximate surface area is 109 Å². The monoisotopic (exact) mass is 249 g/mol. The van der Waals surface area contributed by atoms with Crippen molar-refractivity contribution in [3.63, 3.8) is 0 Å². The molecule has 1 amide bonds. The summed E-state index contributed by atoms with van der Waals surface area (Å²) in [5.41, 5.74) is 2.49. The van der Waals surface area contributed by atoms with Gasteiger partial charge in [0.15, 0.2) is 0 Å². The van der Waals surface area contributed by atoms with E-state index >= 15 is 0 Å². The third-order valence-electron chi connectivity index (χ3n) is 2.97. The van der Waals surface area contributed by atoms with E-state index in [1.807, 2.05) is 0 Å². The highest BCUT2D eigenvalue weighted by molar-refractivity contribution is 5.76. The Morgan fingerprint density at radius 2 is 1.83 bits per heavy atom. The van der Waals surface area contributed by atoms with Crippen LogP contribution in [0.1, 0.15) is 44.2 Å². The number of hydrogen-bond donors (Lipinski definition) is 2. The first-order valence-corrected chi connectivity index (χ1v) is 6.52. The Hall–Kier alpha value is -1.35. The number of benzene rings is 1. The lowest BCUT2D eigenvalue weighted by Crippen LogP contribution is -2.35. The summed E-state index contributed by atoms with van der Waals surface area (Å²) in [7, 11) is 0. The first kappa shape index (κ1) is 14.7. The van der Waals surface area contributed by atoms with Crippen LogP contribution in [-0.4, -0.2) is 23.7 Å². The molecule has 1 unspecified atom stereocenters. The van der Waals surface area contributed by atoms with Crippen molar-refractivity contribution in [2.75, 3.05) is 6.61 Å². The molecule has 0 radical (unpaired) electrons. The zero-order valence-electron chi connectivity index (χ0n) is 11.4. The number of aliphatic hydroxyl groups excluding tert-OH is 1. The Morgan fingerprint density at radius 3 is 2.33 bits per heavy atom. The van der Waals surface area contributed by atoms with E-state index in [2.05, 4.69) is 43.4 Å². The second-order valence-corrected chi connectivity index (χ2v) is 5.05. The van der Waals surface area contributed by atoms with Crippen LogP contribution in [0.3, 0.4) is 0 Å². The smallest absolute Gasteiger partial charge is 0.220 e. The van der Waals surface area contributed by atoms with Gasteiger partial charge in [-0.05, 0) is 30.4 Å². The zero-order chi connectivity index (χ0) is 13.5. The third kappa shape index (κ3) is 4.88. The van der Waals surface area contributed by atoms with E-state index in [0.29, 0.717) is 12.3 Å². The highest BCUT2D eigenvalue weighted by Crippen LogP contribution is 2.15. The second kappa shape index (κ2) is 7.17. The Balaban J connectivity index is 2.41. The molecule has 2 N–H and O–H groups in total. The van der Waals surface area contributed by atoms with Gasteiger partial charge in [0.1, 0.15) is 0 Å². The Bertz CT molecular complexity index is 371. The molecule has 1 rings (SSSR count). The minimum atomic E-state index is -0.166. The summed E-state index contributed by atoms with van der Waals surface area (Å²) in [5.74, 6) is 0.525. The lowest BCUT2D eigenvalue weighted by atomic mass is 10.0. The molecule has 0 heterocycles. The molecular weight excluding hydrogens is 226 g/mol. The molecule has 0 fully saturated rings. The predicted molar refractivity (Wildman–Crippen MR) is 73.5 cm³/mol. The number of carbonyl (C=O) groups is 1. The molecule has 0 spiro atoms. The number of nitrogens with one attached hydrogen (secondary N) is 1. The maximum atomic E-state index is 11.5. The summed E-state index contributed by atoms with van der Waals surface area (Å²) < 4.78 is 0. The predicted octanol–water partition coefficient (Wildman–Crippen LogP) is 2.24. The summed E-state index contributed by atoms with van der Waals surface area (Å²) in [6, 6.07) is 8.24. The van der Waals surface area contributed by atoms with Crippen molar-refractivity contribution in [1.82, 2.24) is 5.32 Å². The van der Waals surface area contributed by atoms with Crippen LogP contribution in [0.15, 0.2) is 24.3 Å². The van der Waals surface area contributed by atoms with Gasteiger partial charge in [0, 0.05) is 12.5 Å². The van der Waals surface area contributed by atoms with E-state index in [0.717, 1.165) is 6.42 Å². The SMILES string of the molecule is CC(CO)NC(=O)CCc1ccc(C(C)C)cc1. The van der Waals surface area contributed by atoms with Crippen molar-refractivity contribution in [2.24, 2.45) is 0 Å². The molecule has 3 nitrogen and oxygen atoms in total. The number of carbonyl (C=O) groups excluding carboxylic acids is 1. The first-order valence-electron chi connectivity index (χ1n) is 6.52. The lowest BCUT2D eigenvalue weighted by Gasteiger charge is -2.11. The van der Waals surface area contributed by atoms with Gasteiger partial charge in [-0.2, -0.15) is 0 Å². The van der Waals surface area contributed by atoms with Gasteiger partial charge in [-0.1, -0.05) is 38.1 Å². The molecule has 0 aromatic heterocycles. The summed E-state index contributed by atoms with van der Waals surface area (Å²) in [6.45, 7) is 6.10. The average molecular weight is 249 g/mol. The average Bonchev–Trinajstić information content (AvgIpc) is 2.36. The highest BCUT2D eigenvalue weighted by atomic mass is 16.3. The van der Waals surface area contributed by atoms with Crippen LogP contribution in [0, 0.1) is 0 Å². The molecular formula is C15H23NO2. The molecule has 0 aliphatic heterocycles. The minimum absolute atomic E-state index is 0.00974. The van der Waals surface area contributed by atoms with E-state index in [9.17, 15) is 4.79 Å². The van der Waals surface area contributed by atoms with Crippen molar-refractivity contribution in [1.29, 1.82) is 0 Å². The summed E-state index contributed by atoms with van der Waals surface area (Å²) >= 11 is 0. The number of amides is 1. The van der Waals surface area contributed by atoms with E-state index in [1.165, 1.54) is 11.1 Å². The van der Waals surface area contributed by atoms with Gasteiger partial charge in [-0.3, -0.25) is 4.79 Å². The molecule has 0 aliphatic rings. The molecule has 0 bridgehead atoms. The first-order chi connectivity index (χ1) is 8.52. The number of hydrogen-bond acceptors (Lipinski definition) is 2. The van der Waals surface area contributed by atoms with Gasteiger partial charge in [0.05, 0.1) is 6.61 Å². The molecule has 0 saturated carbocycles. The van der Waals surface area contributed by atoms with Crippen LogP contribution >= 0.6 is 0 Å². The fourth-order valence-corrected chi connectivity index (χ4v) is 1.72. The summed E-state index contributed by atoms with van der Waals surface area (Å²) in [4.78, 5) is 11.5. The Morgan fingerprint density at radius 1 is 1.22 bits per heavy atom. The van der Waals surface area contributed by atoms with Gasteiger partial charge in [-0.15, -0.1) is 0 Å². The van der Waals surface area contributed by atoms with Gasteiger partial charge in [-0.25, -0.2) is 0 Å².